The first kappa shape index (κ1) is 15.6. The molecule has 2 aromatic heterocycles. The summed E-state index contributed by atoms with van der Waals surface area (Å²) >= 11 is 0. The minimum Gasteiger partial charge on any atom is -0.338 e. The average Bonchev–Trinajstić information content (AvgIpc) is 3.04. The summed E-state index contributed by atoms with van der Waals surface area (Å²) in [5.41, 5.74) is 0. The Bertz CT molecular complexity index is 796. The second-order valence-electron chi connectivity index (χ2n) is 6.35. The molecule has 1 saturated carbocycles. The molecule has 0 amide bonds. The lowest BCUT2D eigenvalue weighted by Gasteiger charge is -2.39. The van der Waals surface area contributed by atoms with Crippen molar-refractivity contribution >= 4 is 10.0 Å². The molecule has 2 fully saturated rings. The molecule has 8 nitrogen and oxygen atoms in total. The zero-order valence-electron chi connectivity index (χ0n) is 13.2. The molecule has 1 aliphatic carbocycles. The lowest BCUT2D eigenvalue weighted by Crippen LogP contribution is -2.52. The van der Waals surface area contributed by atoms with Gasteiger partial charge in [0.1, 0.15) is 0 Å². The van der Waals surface area contributed by atoms with Gasteiger partial charge in [0.15, 0.2) is 0 Å². The first-order chi connectivity index (χ1) is 11.6. The highest BCUT2D eigenvalue weighted by Crippen LogP contribution is 2.34. The molecule has 0 aromatic carbocycles. The Morgan fingerprint density at radius 2 is 1.75 bits per heavy atom. The fourth-order valence-corrected chi connectivity index (χ4v) is 5.41. The number of hydrogen-bond acceptors (Lipinski definition) is 7. The Kier molecular flexibility index (Phi) is 4.05. The van der Waals surface area contributed by atoms with Crippen LogP contribution < -0.4 is 0 Å². The van der Waals surface area contributed by atoms with E-state index in [4.69, 9.17) is 4.52 Å². The predicted molar refractivity (Wildman–Crippen MR) is 85.4 cm³/mol. The molecule has 0 bridgehead atoms. The molecule has 128 valence electrons. The van der Waals surface area contributed by atoms with Gasteiger partial charge in [0.05, 0.1) is 11.2 Å². The summed E-state index contributed by atoms with van der Waals surface area (Å²) < 4.78 is 32.0. The molecule has 0 unspecified atom stereocenters. The third-order valence-electron chi connectivity index (χ3n) is 4.74. The molecule has 2 aliphatic rings. The van der Waals surface area contributed by atoms with E-state index >= 15 is 0 Å². The van der Waals surface area contributed by atoms with Crippen LogP contribution >= 0.6 is 0 Å². The normalized spacial score (nSPS) is 20.8. The van der Waals surface area contributed by atoms with E-state index in [-0.39, 0.29) is 11.2 Å². The molecule has 1 aliphatic heterocycles. The van der Waals surface area contributed by atoms with Gasteiger partial charge in [-0.1, -0.05) is 24.4 Å². The molecular weight excluding hydrogens is 330 g/mol. The summed E-state index contributed by atoms with van der Waals surface area (Å²) in [5.74, 6) is 1.14. The van der Waals surface area contributed by atoms with Crippen LogP contribution in [0.25, 0.3) is 11.6 Å². The lowest BCUT2D eigenvalue weighted by molar-refractivity contribution is 0.213. The van der Waals surface area contributed by atoms with Crippen LogP contribution in [-0.4, -0.2) is 51.2 Å². The highest BCUT2D eigenvalue weighted by molar-refractivity contribution is 7.89. The van der Waals surface area contributed by atoms with Crippen molar-refractivity contribution in [1.29, 1.82) is 0 Å². The van der Waals surface area contributed by atoms with E-state index in [1.54, 1.807) is 22.8 Å². The van der Waals surface area contributed by atoms with Crippen LogP contribution in [0.1, 0.15) is 43.9 Å². The maximum Gasteiger partial charge on any atom is 0.240 e. The SMILES string of the molecule is O=S(=O)(C1CCCCC1)N1CC(c2nc(-c3ncccn3)no2)C1. The standard InChI is InChI=1S/C15H19N5O3S/c21-24(22,12-5-2-1-3-6-12)20-9-11(10-20)15-18-14(19-23-15)13-16-7-4-8-17-13/h4,7-8,11-12H,1-3,5-6,9-10H2. The summed E-state index contributed by atoms with van der Waals surface area (Å²) in [5, 5.41) is 3.67. The molecule has 9 heteroatoms. The van der Waals surface area contributed by atoms with Crippen LogP contribution in [0, 0.1) is 0 Å². The molecular formula is C15H19N5O3S. The predicted octanol–water partition coefficient (Wildman–Crippen LogP) is 1.59. The van der Waals surface area contributed by atoms with Gasteiger partial charge < -0.3 is 4.52 Å². The van der Waals surface area contributed by atoms with E-state index in [0.717, 1.165) is 32.1 Å². The van der Waals surface area contributed by atoms with Crippen LogP contribution in [0.4, 0.5) is 0 Å². The van der Waals surface area contributed by atoms with Crippen molar-refractivity contribution in [3.63, 3.8) is 0 Å². The second-order valence-corrected chi connectivity index (χ2v) is 8.56. The number of sulfonamides is 1. The minimum absolute atomic E-state index is 0.0478. The Hall–Kier alpha value is -1.87. The molecule has 3 heterocycles. The van der Waals surface area contributed by atoms with Crippen LogP contribution in [0.5, 0.6) is 0 Å². The highest BCUT2D eigenvalue weighted by Gasteiger charge is 2.43. The number of hydrogen-bond donors (Lipinski definition) is 0. The highest BCUT2D eigenvalue weighted by atomic mass is 32.2. The van der Waals surface area contributed by atoms with Crippen molar-refractivity contribution in [3.8, 4) is 11.6 Å². The summed E-state index contributed by atoms with van der Waals surface area (Å²) in [7, 11) is -3.19. The Morgan fingerprint density at radius 1 is 1.04 bits per heavy atom. The van der Waals surface area contributed by atoms with Crippen molar-refractivity contribution in [2.24, 2.45) is 0 Å². The van der Waals surface area contributed by atoms with E-state index in [9.17, 15) is 8.42 Å². The Balaban J connectivity index is 1.42. The monoisotopic (exact) mass is 349 g/mol. The van der Waals surface area contributed by atoms with Crippen molar-refractivity contribution in [3.05, 3.63) is 24.4 Å². The van der Waals surface area contributed by atoms with Gasteiger partial charge in [0.25, 0.3) is 0 Å². The van der Waals surface area contributed by atoms with Gasteiger partial charge in [-0.3, -0.25) is 0 Å². The maximum absolute atomic E-state index is 12.6. The van der Waals surface area contributed by atoms with Gasteiger partial charge in [-0.25, -0.2) is 18.4 Å². The largest absolute Gasteiger partial charge is 0.338 e. The van der Waals surface area contributed by atoms with Crippen molar-refractivity contribution in [2.45, 2.75) is 43.3 Å². The van der Waals surface area contributed by atoms with E-state index in [1.165, 1.54) is 0 Å². The van der Waals surface area contributed by atoms with Crippen molar-refractivity contribution in [2.75, 3.05) is 13.1 Å². The molecule has 0 N–H and O–H groups in total. The Morgan fingerprint density at radius 3 is 2.46 bits per heavy atom. The van der Waals surface area contributed by atoms with Gasteiger partial charge >= 0.3 is 0 Å². The molecule has 0 spiro atoms. The third-order valence-corrected chi connectivity index (χ3v) is 7.07. The topological polar surface area (TPSA) is 102 Å². The van der Waals surface area contributed by atoms with Gasteiger partial charge in [-0.05, 0) is 18.9 Å². The fourth-order valence-electron chi connectivity index (χ4n) is 3.28. The van der Waals surface area contributed by atoms with E-state index in [1.807, 2.05) is 0 Å². The zero-order valence-corrected chi connectivity index (χ0v) is 14.0. The van der Waals surface area contributed by atoms with E-state index < -0.39 is 10.0 Å². The quantitative estimate of drug-likeness (QED) is 0.826. The summed E-state index contributed by atoms with van der Waals surface area (Å²) in [6.07, 6.45) is 7.93. The minimum atomic E-state index is -3.19. The first-order valence-electron chi connectivity index (χ1n) is 8.24. The molecule has 2 aromatic rings. The molecule has 0 radical (unpaired) electrons. The number of nitrogens with zero attached hydrogens (tertiary/aromatic N) is 5. The van der Waals surface area contributed by atoms with Crippen LogP contribution in [0.3, 0.4) is 0 Å². The van der Waals surface area contributed by atoms with Gasteiger partial charge in [0, 0.05) is 25.5 Å². The second kappa shape index (κ2) is 6.21. The first-order valence-corrected chi connectivity index (χ1v) is 9.75. The van der Waals surface area contributed by atoms with Crippen molar-refractivity contribution in [1.82, 2.24) is 24.4 Å². The van der Waals surface area contributed by atoms with E-state index in [2.05, 4.69) is 20.1 Å². The van der Waals surface area contributed by atoms with Crippen LogP contribution in [0.15, 0.2) is 23.0 Å². The van der Waals surface area contributed by atoms with Gasteiger partial charge in [0.2, 0.25) is 27.6 Å². The lowest BCUT2D eigenvalue weighted by atomic mass is 10.0. The van der Waals surface area contributed by atoms with Gasteiger partial charge in [-0.15, -0.1) is 0 Å². The maximum atomic E-state index is 12.6. The average molecular weight is 349 g/mol. The number of aromatic nitrogens is 4. The van der Waals surface area contributed by atoms with E-state index in [0.29, 0.717) is 30.6 Å². The van der Waals surface area contributed by atoms with Crippen molar-refractivity contribution < 1.29 is 12.9 Å². The summed E-state index contributed by atoms with van der Waals surface area (Å²) in [6.45, 7) is 0.826. The molecule has 1 saturated heterocycles. The summed E-state index contributed by atoms with van der Waals surface area (Å²) in [4.78, 5) is 12.5. The molecule has 0 atom stereocenters. The van der Waals surface area contributed by atoms with Gasteiger partial charge in [-0.2, -0.15) is 9.29 Å². The smallest absolute Gasteiger partial charge is 0.240 e. The fraction of sp³-hybridized carbons (Fsp3) is 0.600. The third kappa shape index (κ3) is 2.82. The molecule has 4 rings (SSSR count). The van der Waals surface area contributed by atoms with Crippen LogP contribution in [-0.2, 0) is 10.0 Å². The van der Waals surface area contributed by atoms with Crippen LogP contribution in [0.2, 0.25) is 0 Å². The zero-order chi connectivity index (χ0) is 16.6. The summed E-state index contributed by atoms with van der Waals surface area (Å²) in [6, 6.07) is 1.71. The molecule has 24 heavy (non-hydrogen) atoms. The Labute approximate surface area is 140 Å². The number of rotatable bonds is 4.